The standard InChI is InChI=1S/C60H36N2O/c1-3-13-37(14-4-1)58-52-30-29-49-44(23-12-24-51(49)59(52)62-60(61-58)38-15-5-2-6-16-38)43-27-32-57-55(36-43)54-35-42(26-31-56(54)63-57)40-18-11-17-39(33-40)41-25-28-50-47-21-8-7-19-45(47)46-20-9-10-22-48(46)53(50)34-41/h1-36H. The van der Waals surface area contributed by atoms with Crippen molar-refractivity contribution in [1.29, 1.82) is 0 Å². The molecule has 13 aromatic rings. The smallest absolute Gasteiger partial charge is 0.160 e. The molecule has 0 aliphatic carbocycles. The first-order valence-electron chi connectivity index (χ1n) is 21.5. The van der Waals surface area contributed by atoms with Gasteiger partial charge in [0.2, 0.25) is 0 Å². The van der Waals surface area contributed by atoms with Crippen molar-refractivity contribution in [2.24, 2.45) is 0 Å². The van der Waals surface area contributed by atoms with E-state index in [-0.39, 0.29) is 0 Å². The average molecular weight is 801 g/mol. The number of furan rings is 1. The van der Waals surface area contributed by atoms with Crippen LogP contribution in [0.3, 0.4) is 0 Å². The fraction of sp³-hybridized carbons (Fsp3) is 0. The molecule has 0 fully saturated rings. The normalized spacial score (nSPS) is 11.8. The molecule has 0 aliphatic heterocycles. The molecule has 0 spiro atoms. The summed E-state index contributed by atoms with van der Waals surface area (Å²) in [5, 5.41) is 13.1. The zero-order valence-electron chi connectivity index (χ0n) is 34.1. The van der Waals surface area contributed by atoms with Crippen molar-refractivity contribution in [1.82, 2.24) is 9.97 Å². The van der Waals surface area contributed by atoms with Crippen LogP contribution in [0.2, 0.25) is 0 Å². The van der Waals surface area contributed by atoms with Crippen molar-refractivity contribution in [2.45, 2.75) is 0 Å². The molecule has 0 unspecified atom stereocenters. The van der Waals surface area contributed by atoms with Gasteiger partial charge in [0.15, 0.2) is 5.82 Å². The van der Waals surface area contributed by atoms with E-state index in [2.05, 4.69) is 194 Å². The van der Waals surface area contributed by atoms with Gasteiger partial charge in [-0.3, -0.25) is 0 Å². The van der Waals surface area contributed by atoms with Gasteiger partial charge >= 0.3 is 0 Å². The van der Waals surface area contributed by atoms with Gasteiger partial charge < -0.3 is 4.42 Å². The Bertz CT molecular complexity index is 3930. The van der Waals surface area contributed by atoms with E-state index >= 15 is 0 Å². The molecule has 11 aromatic carbocycles. The van der Waals surface area contributed by atoms with Crippen LogP contribution in [0.25, 0.3) is 132 Å². The molecule has 0 saturated carbocycles. The second kappa shape index (κ2) is 14.1. The van der Waals surface area contributed by atoms with Gasteiger partial charge in [0, 0.05) is 32.7 Å². The van der Waals surface area contributed by atoms with Crippen LogP contribution in [-0.4, -0.2) is 9.97 Å². The van der Waals surface area contributed by atoms with Crippen molar-refractivity contribution in [3.05, 3.63) is 218 Å². The quantitative estimate of drug-likeness (QED) is 0.163. The van der Waals surface area contributed by atoms with E-state index in [0.29, 0.717) is 5.82 Å². The lowest BCUT2D eigenvalue weighted by Gasteiger charge is -2.13. The van der Waals surface area contributed by atoms with E-state index in [1.54, 1.807) is 0 Å². The first-order chi connectivity index (χ1) is 31.2. The number of hydrogen-bond acceptors (Lipinski definition) is 3. The molecule has 0 bridgehead atoms. The molecule has 3 heteroatoms. The Morgan fingerprint density at radius 2 is 0.714 bits per heavy atom. The Labute approximate surface area is 363 Å². The topological polar surface area (TPSA) is 38.9 Å². The van der Waals surface area contributed by atoms with Gasteiger partial charge in [0.1, 0.15) is 11.2 Å². The third kappa shape index (κ3) is 5.75. The van der Waals surface area contributed by atoms with Crippen LogP contribution in [0, 0.1) is 0 Å². The Hall–Kier alpha value is -8.40. The minimum Gasteiger partial charge on any atom is -0.456 e. The van der Waals surface area contributed by atoms with Crippen molar-refractivity contribution in [2.75, 3.05) is 0 Å². The van der Waals surface area contributed by atoms with E-state index in [4.69, 9.17) is 14.4 Å². The molecule has 3 nitrogen and oxygen atoms in total. The summed E-state index contributed by atoms with van der Waals surface area (Å²) in [6, 6.07) is 78.1. The monoisotopic (exact) mass is 800 g/mol. The third-order valence-electron chi connectivity index (χ3n) is 12.9. The minimum atomic E-state index is 0.715. The van der Waals surface area contributed by atoms with Gasteiger partial charge in [-0.1, -0.05) is 176 Å². The molecule has 2 heterocycles. The fourth-order valence-electron chi connectivity index (χ4n) is 9.82. The first-order valence-corrected chi connectivity index (χ1v) is 21.5. The van der Waals surface area contributed by atoms with Crippen LogP contribution in [0.4, 0.5) is 0 Å². The predicted octanol–water partition coefficient (Wildman–Crippen LogP) is 16.5. The molecule has 2 aromatic heterocycles. The van der Waals surface area contributed by atoms with Crippen molar-refractivity contribution >= 4 is 75.9 Å². The highest BCUT2D eigenvalue weighted by Crippen LogP contribution is 2.41. The van der Waals surface area contributed by atoms with Gasteiger partial charge in [-0.25, -0.2) is 9.97 Å². The number of fused-ring (bicyclic) bond motifs is 12. The summed E-state index contributed by atoms with van der Waals surface area (Å²) in [4.78, 5) is 10.4. The molecule has 0 N–H and O–H groups in total. The number of hydrogen-bond donors (Lipinski definition) is 0. The molecule has 63 heavy (non-hydrogen) atoms. The third-order valence-corrected chi connectivity index (χ3v) is 12.9. The van der Waals surface area contributed by atoms with Gasteiger partial charge in [0.05, 0.1) is 11.2 Å². The Morgan fingerprint density at radius 3 is 1.40 bits per heavy atom. The highest BCUT2D eigenvalue weighted by atomic mass is 16.3. The summed E-state index contributed by atoms with van der Waals surface area (Å²) in [7, 11) is 0. The number of benzene rings is 11. The largest absolute Gasteiger partial charge is 0.456 e. The number of nitrogens with zero attached hydrogens (tertiary/aromatic N) is 2. The Kier molecular flexibility index (Phi) is 7.91. The van der Waals surface area contributed by atoms with Gasteiger partial charge in [-0.2, -0.15) is 0 Å². The van der Waals surface area contributed by atoms with Gasteiger partial charge in [-0.05, 0) is 114 Å². The van der Waals surface area contributed by atoms with Crippen LogP contribution in [0.15, 0.2) is 223 Å². The predicted molar refractivity (Wildman–Crippen MR) is 264 cm³/mol. The van der Waals surface area contributed by atoms with Crippen LogP contribution < -0.4 is 0 Å². The molecular weight excluding hydrogens is 765 g/mol. The van der Waals surface area contributed by atoms with Crippen molar-refractivity contribution in [3.63, 3.8) is 0 Å². The summed E-state index contributed by atoms with van der Waals surface area (Å²) in [6.45, 7) is 0. The average Bonchev–Trinajstić information content (AvgIpc) is 3.73. The lowest BCUT2D eigenvalue weighted by atomic mass is 9.91. The molecule has 0 atom stereocenters. The van der Waals surface area contributed by atoms with Crippen LogP contribution in [-0.2, 0) is 0 Å². The lowest BCUT2D eigenvalue weighted by Crippen LogP contribution is -1.96. The zero-order valence-corrected chi connectivity index (χ0v) is 34.1. The van der Waals surface area contributed by atoms with E-state index in [9.17, 15) is 0 Å². The molecule has 0 radical (unpaired) electrons. The summed E-state index contributed by atoms with van der Waals surface area (Å²) < 4.78 is 6.47. The van der Waals surface area contributed by atoms with Crippen LogP contribution >= 0.6 is 0 Å². The molecule has 292 valence electrons. The highest BCUT2D eigenvalue weighted by molar-refractivity contribution is 6.26. The second-order valence-electron chi connectivity index (χ2n) is 16.4. The van der Waals surface area contributed by atoms with Crippen molar-refractivity contribution in [3.8, 4) is 56.0 Å². The van der Waals surface area contributed by atoms with E-state index < -0.39 is 0 Å². The van der Waals surface area contributed by atoms with Gasteiger partial charge in [0.25, 0.3) is 0 Å². The van der Waals surface area contributed by atoms with Crippen LogP contribution in [0.5, 0.6) is 0 Å². The van der Waals surface area contributed by atoms with Crippen LogP contribution in [0.1, 0.15) is 0 Å². The second-order valence-corrected chi connectivity index (χ2v) is 16.4. The first kappa shape index (κ1) is 35.4. The fourth-order valence-corrected chi connectivity index (χ4v) is 9.82. The summed E-state index contributed by atoms with van der Waals surface area (Å²) in [6.07, 6.45) is 0. The summed E-state index contributed by atoms with van der Waals surface area (Å²) in [5.74, 6) is 0.715. The maximum absolute atomic E-state index is 6.47. The number of aromatic nitrogens is 2. The molecule has 0 amide bonds. The van der Waals surface area contributed by atoms with E-state index in [1.165, 1.54) is 43.4 Å². The Morgan fingerprint density at radius 1 is 0.254 bits per heavy atom. The molecule has 0 saturated heterocycles. The summed E-state index contributed by atoms with van der Waals surface area (Å²) >= 11 is 0. The molecule has 0 aliphatic rings. The Balaban J connectivity index is 0.918. The zero-order chi connectivity index (χ0) is 41.4. The van der Waals surface area contributed by atoms with E-state index in [0.717, 1.165) is 82.7 Å². The summed E-state index contributed by atoms with van der Waals surface area (Å²) in [5.41, 5.74) is 12.6. The lowest BCUT2D eigenvalue weighted by molar-refractivity contribution is 0.669. The van der Waals surface area contributed by atoms with Gasteiger partial charge in [-0.15, -0.1) is 0 Å². The molecule has 13 rings (SSSR count). The van der Waals surface area contributed by atoms with E-state index in [1.807, 2.05) is 24.3 Å². The number of rotatable bonds is 5. The molecular formula is C60H36N2O. The maximum atomic E-state index is 6.47. The SMILES string of the molecule is c1ccc(-c2nc(-c3ccccc3)c3ccc4c(-c5ccc6oc7ccc(-c8cccc(-c9ccc%10c%11ccccc%11c%11ccccc%11c%10c9)c8)cc7c6c5)cccc4c3n2)cc1. The maximum Gasteiger partial charge on any atom is 0.160 e. The van der Waals surface area contributed by atoms with Crippen molar-refractivity contribution < 1.29 is 4.42 Å². The highest BCUT2D eigenvalue weighted by Gasteiger charge is 2.17. The minimum absolute atomic E-state index is 0.715.